The van der Waals surface area contributed by atoms with Crippen molar-refractivity contribution < 1.29 is 4.79 Å². The van der Waals surface area contributed by atoms with Crippen LogP contribution in [0.2, 0.25) is 0 Å². The fourth-order valence-corrected chi connectivity index (χ4v) is 4.79. The highest BCUT2D eigenvalue weighted by molar-refractivity contribution is 5.81. The van der Waals surface area contributed by atoms with Gasteiger partial charge in [-0.3, -0.25) is 14.7 Å². The van der Waals surface area contributed by atoms with E-state index in [0.29, 0.717) is 6.42 Å². The highest BCUT2D eigenvalue weighted by Crippen LogP contribution is 2.29. The Labute approximate surface area is 195 Å². The summed E-state index contributed by atoms with van der Waals surface area (Å²) in [5.41, 5.74) is 4.71. The SMILES string of the molecule is O=C(CC(c1ccccc1)c1ccccc1)N1CCN(Cc2cccc3cccnc23)CC1. The monoisotopic (exact) mass is 435 g/mol. The molecule has 4 nitrogen and oxygen atoms in total. The molecule has 166 valence electrons. The molecule has 1 aliphatic heterocycles. The molecule has 5 rings (SSSR count). The summed E-state index contributed by atoms with van der Waals surface area (Å²) in [6, 6.07) is 31.2. The summed E-state index contributed by atoms with van der Waals surface area (Å²) in [7, 11) is 0. The van der Waals surface area contributed by atoms with Crippen molar-refractivity contribution in [3.8, 4) is 0 Å². The molecule has 1 amide bonds. The molecule has 0 radical (unpaired) electrons. The van der Waals surface area contributed by atoms with Gasteiger partial charge < -0.3 is 4.90 Å². The maximum Gasteiger partial charge on any atom is 0.223 e. The van der Waals surface area contributed by atoms with Gasteiger partial charge in [0.2, 0.25) is 5.91 Å². The Bertz CT molecular complexity index is 1160. The van der Waals surface area contributed by atoms with Crippen LogP contribution in [0.5, 0.6) is 0 Å². The van der Waals surface area contributed by atoms with E-state index in [2.05, 4.69) is 82.7 Å². The first-order valence-electron chi connectivity index (χ1n) is 11.7. The van der Waals surface area contributed by atoms with E-state index >= 15 is 0 Å². The number of carbonyl (C=O) groups is 1. The van der Waals surface area contributed by atoms with Gasteiger partial charge in [-0.2, -0.15) is 0 Å². The Balaban J connectivity index is 1.23. The van der Waals surface area contributed by atoms with Crippen molar-refractivity contribution in [3.63, 3.8) is 0 Å². The number of carbonyl (C=O) groups excluding carboxylic acids is 1. The molecule has 1 aromatic heterocycles. The summed E-state index contributed by atoms with van der Waals surface area (Å²) in [5, 5.41) is 1.18. The smallest absolute Gasteiger partial charge is 0.223 e. The van der Waals surface area contributed by atoms with Crippen molar-refractivity contribution in [3.05, 3.63) is 114 Å². The average Bonchev–Trinajstić information content (AvgIpc) is 2.89. The second-order valence-corrected chi connectivity index (χ2v) is 8.73. The van der Waals surface area contributed by atoms with Gasteiger partial charge in [0, 0.05) is 56.6 Å². The van der Waals surface area contributed by atoms with E-state index in [1.165, 1.54) is 22.1 Å². The molecule has 1 fully saturated rings. The molecule has 0 spiro atoms. The van der Waals surface area contributed by atoms with Gasteiger partial charge in [0.1, 0.15) is 0 Å². The summed E-state index contributed by atoms with van der Waals surface area (Å²) in [4.78, 5) is 22.3. The third-order valence-electron chi connectivity index (χ3n) is 6.62. The van der Waals surface area contributed by atoms with Gasteiger partial charge in [-0.25, -0.2) is 0 Å². The molecule has 2 heterocycles. The van der Waals surface area contributed by atoms with E-state index in [1.54, 1.807) is 0 Å². The zero-order valence-electron chi connectivity index (χ0n) is 18.8. The van der Waals surface area contributed by atoms with E-state index in [0.717, 1.165) is 38.2 Å². The minimum Gasteiger partial charge on any atom is -0.340 e. The van der Waals surface area contributed by atoms with Crippen LogP contribution in [0.25, 0.3) is 10.9 Å². The van der Waals surface area contributed by atoms with Crippen LogP contribution in [0, 0.1) is 0 Å². The van der Waals surface area contributed by atoms with E-state index < -0.39 is 0 Å². The van der Waals surface area contributed by atoms with Gasteiger partial charge >= 0.3 is 0 Å². The lowest BCUT2D eigenvalue weighted by Gasteiger charge is -2.35. The molecule has 0 bridgehead atoms. The normalized spacial score (nSPS) is 14.6. The topological polar surface area (TPSA) is 36.4 Å². The molecule has 3 aromatic carbocycles. The summed E-state index contributed by atoms with van der Waals surface area (Å²) < 4.78 is 0. The summed E-state index contributed by atoms with van der Waals surface area (Å²) in [5.74, 6) is 0.318. The van der Waals surface area contributed by atoms with Crippen LogP contribution in [0.4, 0.5) is 0 Å². The minimum absolute atomic E-state index is 0.0830. The number of hydrogen-bond donors (Lipinski definition) is 0. The number of fused-ring (bicyclic) bond motifs is 1. The average molecular weight is 436 g/mol. The van der Waals surface area contributed by atoms with Gasteiger partial charge in [0.05, 0.1) is 5.52 Å². The lowest BCUT2D eigenvalue weighted by molar-refractivity contribution is -0.133. The first kappa shape index (κ1) is 21.4. The molecular formula is C29H29N3O. The van der Waals surface area contributed by atoms with Crippen molar-refractivity contribution in [1.29, 1.82) is 0 Å². The molecule has 0 N–H and O–H groups in total. The maximum absolute atomic E-state index is 13.3. The van der Waals surface area contributed by atoms with E-state index in [-0.39, 0.29) is 11.8 Å². The quantitative estimate of drug-likeness (QED) is 0.423. The maximum atomic E-state index is 13.3. The molecule has 0 aliphatic carbocycles. The van der Waals surface area contributed by atoms with Crippen molar-refractivity contribution >= 4 is 16.8 Å². The Kier molecular flexibility index (Phi) is 6.45. The third kappa shape index (κ3) is 4.96. The number of piperazine rings is 1. The van der Waals surface area contributed by atoms with Gasteiger partial charge in [-0.15, -0.1) is 0 Å². The van der Waals surface area contributed by atoms with Crippen LogP contribution in [0.3, 0.4) is 0 Å². The number of pyridine rings is 1. The number of benzene rings is 3. The highest BCUT2D eigenvalue weighted by atomic mass is 16.2. The number of hydrogen-bond acceptors (Lipinski definition) is 3. The van der Waals surface area contributed by atoms with E-state index in [1.807, 2.05) is 29.3 Å². The Hall–Kier alpha value is -3.50. The lowest BCUT2D eigenvalue weighted by Crippen LogP contribution is -2.48. The second-order valence-electron chi connectivity index (χ2n) is 8.73. The number of rotatable bonds is 6. The van der Waals surface area contributed by atoms with Crippen molar-refractivity contribution in [2.24, 2.45) is 0 Å². The van der Waals surface area contributed by atoms with Crippen LogP contribution in [0.15, 0.2) is 97.2 Å². The Morgan fingerprint density at radius 3 is 2.06 bits per heavy atom. The van der Waals surface area contributed by atoms with E-state index in [9.17, 15) is 4.79 Å². The largest absolute Gasteiger partial charge is 0.340 e. The van der Waals surface area contributed by atoms with Gasteiger partial charge in [0.25, 0.3) is 0 Å². The van der Waals surface area contributed by atoms with Gasteiger partial charge in [0.15, 0.2) is 0 Å². The number of amides is 1. The van der Waals surface area contributed by atoms with E-state index in [4.69, 9.17) is 0 Å². The van der Waals surface area contributed by atoms with Crippen LogP contribution < -0.4 is 0 Å². The fraction of sp³-hybridized carbons (Fsp3) is 0.241. The van der Waals surface area contributed by atoms with Crippen molar-refractivity contribution in [2.45, 2.75) is 18.9 Å². The van der Waals surface area contributed by atoms with Gasteiger partial charge in [-0.1, -0.05) is 84.9 Å². The predicted molar refractivity (Wildman–Crippen MR) is 133 cm³/mol. The van der Waals surface area contributed by atoms with Crippen LogP contribution in [0.1, 0.15) is 29.0 Å². The molecule has 0 atom stereocenters. The molecule has 4 heteroatoms. The molecule has 1 aliphatic rings. The summed E-state index contributed by atoms with van der Waals surface area (Å²) in [6.07, 6.45) is 2.36. The minimum atomic E-state index is 0.0830. The fourth-order valence-electron chi connectivity index (χ4n) is 4.79. The predicted octanol–water partition coefficient (Wildman–Crippen LogP) is 5.10. The summed E-state index contributed by atoms with van der Waals surface area (Å²) in [6.45, 7) is 4.18. The first-order chi connectivity index (χ1) is 16.3. The van der Waals surface area contributed by atoms with Gasteiger partial charge in [-0.05, 0) is 22.8 Å². The molecule has 0 unspecified atom stereocenters. The lowest BCUT2D eigenvalue weighted by atomic mass is 9.88. The first-order valence-corrected chi connectivity index (χ1v) is 11.7. The van der Waals surface area contributed by atoms with Crippen LogP contribution in [-0.4, -0.2) is 46.9 Å². The number of aromatic nitrogens is 1. The van der Waals surface area contributed by atoms with Crippen LogP contribution >= 0.6 is 0 Å². The zero-order valence-corrected chi connectivity index (χ0v) is 18.8. The van der Waals surface area contributed by atoms with Crippen molar-refractivity contribution in [1.82, 2.24) is 14.8 Å². The zero-order chi connectivity index (χ0) is 22.5. The highest BCUT2D eigenvalue weighted by Gasteiger charge is 2.25. The standard InChI is InChI=1S/C29H29N3O/c33-28(21-27(23-9-3-1-4-10-23)24-11-5-2-6-12-24)32-19-17-31(18-20-32)22-26-14-7-13-25-15-8-16-30-29(25)26/h1-16,27H,17-22H2. The Morgan fingerprint density at radius 2 is 1.39 bits per heavy atom. The van der Waals surface area contributed by atoms with Crippen LogP contribution in [-0.2, 0) is 11.3 Å². The molecule has 4 aromatic rings. The third-order valence-corrected chi connectivity index (χ3v) is 6.62. The Morgan fingerprint density at radius 1 is 0.758 bits per heavy atom. The number of nitrogens with zero attached hydrogens (tertiary/aromatic N) is 3. The molecule has 0 saturated carbocycles. The molecular weight excluding hydrogens is 406 g/mol. The molecule has 1 saturated heterocycles. The summed E-state index contributed by atoms with van der Waals surface area (Å²) >= 11 is 0. The molecule has 33 heavy (non-hydrogen) atoms. The van der Waals surface area contributed by atoms with Crippen molar-refractivity contribution in [2.75, 3.05) is 26.2 Å². The number of para-hydroxylation sites is 1. The second kappa shape index (κ2) is 9.97.